The van der Waals surface area contributed by atoms with E-state index in [9.17, 15) is 19.5 Å². The van der Waals surface area contributed by atoms with E-state index in [-0.39, 0.29) is 18.2 Å². The summed E-state index contributed by atoms with van der Waals surface area (Å²) < 4.78 is 0. The first-order valence-electron chi connectivity index (χ1n) is 8.90. The number of hydrogen-bond acceptors (Lipinski definition) is 5. The highest BCUT2D eigenvalue weighted by Crippen LogP contribution is 2.07. The van der Waals surface area contributed by atoms with Gasteiger partial charge in [0.25, 0.3) is 0 Å². The highest BCUT2D eigenvalue weighted by Gasteiger charge is 2.26. The molecule has 0 saturated carbocycles. The van der Waals surface area contributed by atoms with Gasteiger partial charge in [-0.3, -0.25) is 14.4 Å². The monoisotopic (exact) mass is 358 g/mol. The van der Waals surface area contributed by atoms with Gasteiger partial charge >= 0.3 is 0 Å². The summed E-state index contributed by atoms with van der Waals surface area (Å²) in [5, 5.41) is 17.2. The van der Waals surface area contributed by atoms with Gasteiger partial charge in [-0.1, -0.05) is 13.8 Å². The molecule has 8 nitrogen and oxygen atoms in total. The quantitative estimate of drug-likeness (QED) is 0.304. The predicted molar refractivity (Wildman–Crippen MR) is 96.6 cm³/mol. The van der Waals surface area contributed by atoms with Gasteiger partial charge in [0.1, 0.15) is 12.1 Å². The maximum Gasteiger partial charge on any atom is 0.243 e. The molecule has 0 heterocycles. The van der Waals surface area contributed by atoms with Crippen LogP contribution in [0.3, 0.4) is 0 Å². The normalized spacial score (nSPS) is 14.5. The number of rotatable bonds is 12. The van der Waals surface area contributed by atoms with Crippen molar-refractivity contribution in [2.75, 3.05) is 13.6 Å². The van der Waals surface area contributed by atoms with Crippen LogP contribution in [0.15, 0.2) is 0 Å². The molecule has 3 atom stereocenters. The molecule has 0 unspecified atom stereocenters. The molecule has 0 aliphatic heterocycles. The molecule has 0 aromatic carbocycles. The van der Waals surface area contributed by atoms with Crippen LogP contribution in [0.4, 0.5) is 0 Å². The first kappa shape index (κ1) is 23.3. The molecule has 8 heteroatoms. The molecule has 0 aliphatic carbocycles. The Kier molecular flexibility index (Phi) is 11.8. The zero-order chi connectivity index (χ0) is 19.4. The lowest BCUT2D eigenvalue weighted by atomic mass is 10.0. The van der Waals surface area contributed by atoms with E-state index < -0.39 is 30.0 Å². The lowest BCUT2D eigenvalue weighted by Crippen LogP contribution is -2.53. The van der Waals surface area contributed by atoms with Gasteiger partial charge < -0.3 is 26.8 Å². The van der Waals surface area contributed by atoms with Gasteiger partial charge in [-0.25, -0.2) is 0 Å². The fourth-order valence-electron chi connectivity index (χ4n) is 2.43. The van der Waals surface area contributed by atoms with Crippen LogP contribution < -0.4 is 21.7 Å². The average Bonchev–Trinajstić information content (AvgIpc) is 2.51. The third-order valence-corrected chi connectivity index (χ3v) is 3.67. The SMILES string of the molecule is CNC(=O)[C@H](CC(C)C)NC(=O)[C@@H](CCCCN)NC(=O)C[C@@H](C)O. The van der Waals surface area contributed by atoms with Gasteiger partial charge in [-0.05, 0) is 45.1 Å². The zero-order valence-electron chi connectivity index (χ0n) is 15.8. The molecule has 25 heavy (non-hydrogen) atoms. The minimum absolute atomic E-state index is 0.0778. The highest BCUT2D eigenvalue weighted by molar-refractivity contribution is 5.92. The Balaban J connectivity index is 4.96. The second kappa shape index (κ2) is 12.7. The largest absolute Gasteiger partial charge is 0.393 e. The van der Waals surface area contributed by atoms with Crippen molar-refractivity contribution >= 4 is 17.7 Å². The molecule has 0 rings (SSSR count). The van der Waals surface area contributed by atoms with E-state index in [1.165, 1.54) is 14.0 Å². The fourth-order valence-corrected chi connectivity index (χ4v) is 2.43. The van der Waals surface area contributed by atoms with Crippen LogP contribution in [0.1, 0.15) is 52.9 Å². The number of hydrogen-bond donors (Lipinski definition) is 5. The molecule has 0 aromatic heterocycles. The van der Waals surface area contributed by atoms with Crippen LogP contribution >= 0.6 is 0 Å². The summed E-state index contributed by atoms with van der Waals surface area (Å²) in [5.74, 6) is -0.838. The second-order valence-electron chi connectivity index (χ2n) is 6.76. The van der Waals surface area contributed by atoms with Crippen LogP contribution in [0.2, 0.25) is 0 Å². The Morgan fingerprint density at radius 3 is 2.12 bits per heavy atom. The van der Waals surface area contributed by atoms with E-state index in [1.54, 1.807) is 0 Å². The van der Waals surface area contributed by atoms with Crippen molar-refractivity contribution in [1.82, 2.24) is 16.0 Å². The van der Waals surface area contributed by atoms with E-state index >= 15 is 0 Å². The van der Waals surface area contributed by atoms with Crippen LogP contribution in [-0.4, -0.2) is 54.6 Å². The summed E-state index contributed by atoms with van der Waals surface area (Å²) in [5.41, 5.74) is 5.48. The molecule has 0 aromatic rings. The lowest BCUT2D eigenvalue weighted by Gasteiger charge is -2.24. The van der Waals surface area contributed by atoms with E-state index in [2.05, 4.69) is 16.0 Å². The molecule has 0 saturated heterocycles. The first-order valence-corrected chi connectivity index (χ1v) is 8.90. The molecule has 0 radical (unpaired) electrons. The number of aliphatic hydroxyl groups excluding tert-OH is 1. The van der Waals surface area contributed by atoms with Crippen LogP contribution in [-0.2, 0) is 14.4 Å². The van der Waals surface area contributed by atoms with Gasteiger partial charge in [-0.2, -0.15) is 0 Å². The van der Waals surface area contributed by atoms with Crippen LogP contribution in [0.25, 0.3) is 0 Å². The minimum Gasteiger partial charge on any atom is -0.393 e. The summed E-state index contributed by atoms with van der Waals surface area (Å²) in [4.78, 5) is 36.4. The number of carbonyl (C=O) groups is 3. The molecule has 3 amide bonds. The third-order valence-electron chi connectivity index (χ3n) is 3.67. The number of carbonyl (C=O) groups excluding carboxylic acids is 3. The molecular weight excluding hydrogens is 324 g/mol. The number of amides is 3. The third kappa shape index (κ3) is 10.7. The van der Waals surface area contributed by atoms with Gasteiger partial charge in [0, 0.05) is 7.05 Å². The summed E-state index contributed by atoms with van der Waals surface area (Å²) in [6.07, 6.45) is 1.48. The zero-order valence-corrected chi connectivity index (χ0v) is 15.8. The smallest absolute Gasteiger partial charge is 0.243 e. The van der Waals surface area contributed by atoms with Gasteiger partial charge in [-0.15, -0.1) is 0 Å². The summed E-state index contributed by atoms with van der Waals surface area (Å²) in [7, 11) is 1.52. The maximum absolute atomic E-state index is 12.6. The second-order valence-corrected chi connectivity index (χ2v) is 6.76. The Labute approximate surface area is 150 Å². The lowest BCUT2D eigenvalue weighted by molar-refractivity contribution is -0.132. The predicted octanol–water partition coefficient (Wildman–Crippen LogP) is -0.352. The van der Waals surface area contributed by atoms with Gasteiger partial charge in [0.05, 0.1) is 12.5 Å². The molecule has 0 bridgehead atoms. The van der Waals surface area contributed by atoms with Crippen molar-refractivity contribution in [3.05, 3.63) is 0 Å². The van der Waals surface area contributed by atoms with Crippen molar-refractivity contribution in [3.63, 3.8) is 0 Å². The summed E-state index contributed by atoms with van der Waals surface area (Å²) >= 11 is 0. The fraction of sp³-hybridized carbons (Fsp3) is 0.824. The molecule has 0 spiro atoms. The average molecular weight is 358 g/mol. The van der Waals surface area contributed by atoms with Crippen LogP contribution in [0.5, 0.6) is 0 Å². The number of unbranched alkanes of at least 4 members (excludes halogenated alkanes) is 1. The number of aliphatic hydroxyl groups is 1. The van der Waals surface area contributed by atoms with Gasteiger partial charge in [0.15, 0.2) is 0 Å². The van der Waals surface area contributed by atoms with Crippen molar-refractivity contribution in [1.29, 1.82) is 0 Å². The van der Waals surface area contributed by atoms with Crippen molar-refractivity contribution in [3.8, 4) is 0 Å². The number of nitrogens with one attached hydrogen (secondary N) is 3. The van der Waals surface area contributed by atoms with Crippen molar-refractivity contribution in [2.24, 2.45) is 11.7 Å². The number of likely N-dealkylation sites (N-methyl/N-ethyl adjacent to an activating group) is 1. The van der Waals surface area contributed by atoms with E-state index in [0.717, 1.165) is 6.42 Å². The Hall–Kier alpha value is -1.67. The van der Waals surface area contributed by atoms with Gasteiger partial charge in [0.2, 0.25) is 17.7 Å². The molecule has 0 fully saturated rings. The van der Waals surface area contributed by atoms with E-state index in [4.69, 9.17) is 5.73 Å². The topological polar surface area (TPSA) is 134 Å². The van der Waals surface area contributed by atoms with Crippen molar-refractivity contribution < 1.29 is 19.5 Å². The van der Waals surface area contributed by atoms with E-state index in [0.29, 0.717) is 25.8 Å². The van der Waals surface area contributed by atoms with Crippen LogP contribution in [0, 0.1) is 5.92 Å². The molecule has 146 valence electrons. The minimum atomic E-state index is -0.785. The highest BCUT2D eigenvalue weighted by atomic mass is 16.3. The van der Waals surface area contributed by atoms with E-state index in [1.807, 2.05) is 13.8 Å². The number of nitrogens with two attached hydrogens (primary N) is 1. The van der Waals surface area contributed by atoms with Crippen molar-refractivity contribution in [2.45, 2.75) is 71.1 Å². The molecular formula is C17H34N4O4. The standard InChI is InChI=1S/C17H34N4O4/c1-11(2)9-14(16(24)19-4)21-17(25)13(7-5-6-8-18)20-15(23)10-12(3)22/h11-14,22H,5-10,18H2,1-4H3,(H,19,24)(H,20,23)(H,21,25)/t12-,13-,14+/m1/s1. The summed E-state index contributed by atoms with van der Waals surface area (Å²) in [6.45, 7) is 5.94. The summed E-state index contributed by atoms with van der Waals surface area (Å²) in [6, 6.07) is -1.40. The molecule has 0 aliphatic rings. The first-order chi connectivity index (χ1) is 11.7. The maximum atomic E-state index is 12.6. The Morgan fingerprint density at radius 1 is 1.00 bits per heavy atom. The Morgan fingerprint density at radius 2 is 1.64 bits per heavy atom. The Bertz CT molecular complexity index is 427. The molecule has 6 N–H and O–H groups in total.